The van der Waals surface area contributed by atoms with E-state index in [4.69, 9.17) is 18.3 Å². The lowest BCUT2D eigenvalue weighted by molar-refractivity contribution is 0.0810. The van der Waals surface area contributed by atoms with Crippen LogP contribution in [0.5, 0.6) is 5.75 Å². The maximum Gasteiger partial charge on any atom is 0.475 e. The summed E-state index contributed by atoms with van der Waals surface area (Å²) in [6.45, 7) is 3.11. The first-order chi connectivity index (χ1) is 24.9. The van der Waals surface area contributed by atoms with Gasteiger partial charge in [0.1, 0.15) is 22.9 Å². The molecule has 0 fully saturated rings. The van der Waals surface area contributed by atoms with Crippen molar-refractivity contribution in [2.24, 2.45) is 0 Å². The number of phosphoric acid groups is 1. The van der Waals surface area contributed by atoms with E-state index in [-0.39, 0.29) is 44.6 Å². The van der Waals surface area contributed by atoms with E-state index in [1.54, 1.807) is 98.8 Å². The van der Waals surface area contributed by atoms with Gasteiger partial charge < -0.3 is 4.74 Å². The number of halogens is 1. The van der Waals surface area contributed by atoms with Gasteiger partial charge in [-0.25, -0.2) is 25.8 Å². The first-order valence-corrected chi connectivity index (χ1v) is 20.8. The maximum atomic E-state index is 14.6. The number of ether oxygens (including phenoxy) is 1. The quantitative estimate of drug-likeness (QED) is 0.0715. The molecule has 0 heterocycles. The number of sulfone groups is 2. The second kappa shape index (κ2) is 16.9. The van der Waals surface area contributed by atoms with Gasteiger partial charge in [-0.05, 0) is 90.7 Å². The van der Waals surface area contributed by atoms with Gasteiger partial charge >= 0.3 is 7.82 Å². The minimum Gasteiger partial charge on any atom is -0.497 e. The summed E-state index contributed by atoms with van der Waals surface area (Å²) < 4.78 is 107. The number of methoxy groups -OCH3 is 1. The summed E-state index contributed by atoms with van der Waals surface area (Å²) in [5, 5.41) is -1.49. The van der Waals surface area contributed by atoms with Crippen molar-refractivity contribution >= 4 is 38.5 Å². The van der Waals surface area contributed by atoms with Gasteiger partial charge in [-0.3, -0.25) is 13.6 Å². The van der Waals surface area contributed by atoms with Gasteiger partial charge in [0.2, 0.25) is 9.84 Å². The lowest BCUT2D eigenvalue weighted by Crippen LogP contribution is -2.24. The van der Waals surface area contributed by atoms with E-state index in [9.17, 15) is 25.8 Å². The van der Waals surface area contributed by atoms with Crippen LogP contribution < -0.4 is 4.74 Å². The van der Waals surface area contributed by atoms with Crippen LogP contribution in [-0.4, -0.2) is 37.2 Å². The molecule has 5 rings (SSSR count). The fourth-order valence-corrected chi connectivity index (χ4v) is 10.3. The number of hydrogen-bond donors (Lipinski definition) is 0. The third-order valence-electron chi connectivity index (χ3n) is 7.95. The standard InChI is InChI=1S/C39H38FO9PS2/c1-4-47-50(41,48-5-2)49-38(39(32-13-12-14-34(28-32)46-3)52(44,45)36-17-10-7-11-18-36)31-21-19-29(20-22-31)27-37(30-23-25-33(40)26-24-30)51(42,43)35-15-8-6-9-16-35/h6-28,38-39H,4-5H2,1-3H3/b37-27+. The molecule has 13 heteroatoms. The predicted molar refractivity (Wildman–Crippen MR) is 198 cm³/mol. The SMILES string of the molecule is CCOP(=O)(OCC)OC(c1ccc(/C=C(\c2ccc(F)cc2)S(=O)(=O)c2ccccc2)cc1)C(c1cccc(OC)c1)S(=O)(=O)c1ccccc1. The van der Waals surface area contributed by atoms with Gasteiger partial charge in [0.15, 0.2) is 9.84 Å². The molecule has 2 unspecified atom stereocenters. The molecule has 0 spiro atoms. The molecule has 0 radical (unpaired) electrons. The number of benzene rings is 5. The highest BCUT2D eigenvalue weighted by Crippen LogP contribution is 2.57. The monoisotopic (exact) mass is 764 g/mol. The van der Waals surface area contributed by atoms with Crippen LogP contribution in [0.15, 0.2) is 143 Å². The van der Waals surface area contributed by atoms with Crippen LogP contribution in [0.4, 0.5) is 4.39 Å². The first kappa shape index (κ1) is 38.8. The number of phosphoric ester groups is 1. The molecule has 9 nitrogen and oxygen atoms in total. The van der Waals surface area contributed by atoms with Gasteiger partial charge in [0.25, 0.3) is 0 Å². The Balaban J connectivity index is 1.70. The second-order valence-corrected chi connectivity index (χ2v) is 17.0. The highest BCUT2D eigenvalue weighted by Gasteiger charge is 2.43. The van der Waals surface area contributed by atoms with Crippen LogP contribution in [0.3, 0.4) is 0 Å². The van der Waals surface area contributed by atoms with Crippen molar-refractivity contribution in [3.63, 3.8) is 0 Å². The summed E-state index contributed by atoms with van der Waals surface area (Å²) in [5.41, 5.74) is 1.24. The van der Waals surface area contributed by atoms with Crippen molar-refractivity contribution < 1.29 is 44.1 Å². The Hall–Kier alpha value is -4.42. The zero-order chi connectivity index (χ0) is 37.4. The highest BCUT2D eigenvalue weighted by atomic mass is 32.2. The van der Waals surface area contributed by atoms with Gasteiger partial charge in [-0.2, -0.15) is 0 Å². The minimum atomic E-state index is -4.35. The van der Waals surface area contributed by atoms with Crippen LogP contribution in [0.2, 0.25) is 0 Å². The van der Waals surface area contributed by atoms with Gasteiger partial charge in [0, 0.05) is 0 Å². The van der Waals surface area contributed by atoms with Crippen LogP contribution in [0.25, 0.3) is 11.0 Å². The Morgan fingerprint density at radius 2 is 1.29 bits per heavy atom. The van der Waals surface area contributed by atoms with Crippen molar-refractivity contribution in [3.05, 3.63) is 162 Å². The van der Waals surface area contributed by atoms with Crippen molar-refractivity contribution in [1.29, 1.82) is 0 Å². The van der Waals surface area contributed by atoms with Gasteiger partial charge in [-0.15, -0.1) is 0 Å². The molecular formula is C39H38FO9PS2. The highest BCUT2D eigenvalue weighted by molar-refractivity contribution is 8.00. The molecule has 272 valence electrons. The summed E-state index contributed by atoms with van der Waals surface area (Å²) in [6, 6.07) is 33.5. The van der Waals surface area contributed by atoms with Crippen LogP contribution >= 0.6 is 7.82 Å². The molecule has 2 atom stereocenters. The summed E-state index contributed by atoms with van der Waals surface area (Å²) in [5.74, 6) is -0.140. The second-order valence-electron chi connectivity index (χ2n) is 11.4. The molecule has 0 saturated carbocycles. The Bertz CT molecular complexity index is 2240. The van der Waals surface area contributed by atoms with Crippen LogP contribution in [0.1, 0.15) is 47.5 Å². The van der Waals surface area contributed by atoms with E-state index < -0.39 is 44.7 Å². The molecule has 0 aliphatic carbocycles. The average molecular weight is 765 g/mol. The zero-order valence-electron chi connectivity index (χ0n) is 28.7. The van der Waals surface area contributed by atoms with Gasteiger partial charge in [0.05, 0.1) is 35.0 Å². The van der Waals surface area contributed by atoms with E-state index in [0.29, 0.717) is 11.3 Å². The molecule has 5 aromatic rings. The fraction of sp³-hybridized carbons (Fsp3) is 0.179. The molecular weight excluding hydrogens is 727 g/mol. The molecule has 0 bridgehead atoms. The van der Waals surface area contributed by atoms with E-state index in [1.165, 1.54) is 61.7 Å². The molecule has 0 aliphatic heterocycles. The molecule has 0 aliphatic rings. The molecule has 0 amide bonds. The van der Waals surface area contributed by atoms with Crippen LogP contribution in [0, 0.1) is 5.82 Å². The Kier molecular flexibility index (Phi) is 12.6. The van der Waals surface area contributed by atoms with E-state index in [2.05, 4.69) is 0 Å². The third-order valence-corrected chi connectivity index (χ3v) is 13.5. The van der Waals surface area contributed by atoms with Crippen molar-refractivity contribution in [2.75, 3.05) is 20.3 Å². The third kappa shape index (κ3) is 8.95. The largest absolute Gasteiger partial charge is 0.497 e. The molecule has 5 aromatic carbocycles. The van der Waals surface area contributed by atoms with Gasteiger partial charge in [-0.1, -0.05) is 84.9 Å². The summed E-state index contributed by atoms with van der Waals surface area (Å²) in [6.07, 6.45) is -0.0234. The molecule has 0 aromatic heterocycles. The minimum absolute atomic E-state index is 0.00585. The Morgan fingerprint density at radius 1 is 0.712 bits per heavy atom. The topological polar surface area (TPSA) is 122 Å². The lowest BCUT2D eigenvalue weighted by Gasteiger charge is -2.30. The smallest absolute Gasteiger partial charge is 0.475 e. The lowest BCUT2D eigenvalue weighted by atomic mass is 9.99. The van der Waals surface area contributed by atoms with E-state index >= 15 is 0 Å². The summed E-state index contributed by atoms with van der Waals surface area (Å²) in [7, 11) is -11.3. The van der Waals surface area contributed by atoms with E-state index in [1.807, 2.05) is 0 Å². The Labute approximate surface area is 304 Å². The predicted octanol–water partition coefficient (Wildman–Crippen LogP) is 9.26. The van der Waals surface area contributed by atoms with Crippen molar-refractivity contribution in [2.45, 2.75) is 35.0 Å². The summed E-state index contributed by atoms with van der Waals surface area (Å²) in [4.78, 5) is -0.0449. The van der Waals surface area contributed by atoms with Crippen LogP contribution in [-0.2, 0) is 37.8 Å². The molecule has 0 saturated heterocycles. The average Bonchev–Trinajstić information content (AvgIpc) is 3.15. The fourth-order valence-electron chi connectivity index (χ4n) is 5.53. The number of rotatable bonds is 16. The molecule has 0 N–H and O–H groups in total. The summed E-state index contributed by atoms with van der Waals surface area (Å²) >= 11 is 0. The maximum absolute atomic E-state index is 14.6. The normalized spacial score (nSPS) is 13.7. The molecule has 52 heavy (non-hydrogen) atoms. The first-order valence-electron chi connectivity index (χ1n) is 16.3. The Morgan fingerprint density at radius 3 is 1.85 bits per heavy atom. The number of hydrogen-bond acceptors (Lipinski definition) is 9. The zero-order valence-corrected chi connectivity index (χ0v) is 31.2. The van der Waals surface area contributed by atoms with Crippen molar-refractivity contribution in [1.82, 2.24) is 0 Å². The van der Waals surface area contributed by atoms with E-state index in [0.717, 1.165) is 0 Å². The van der Waals surface area contributed by atoms with Crippen molar-refractivity contribution in [3.8, 4) is 5.75 Å².